The van der Waals surface area contributed by atoms with E-state index in [1.54, 1.807) is 0 Å². The first kappa shape index (κ1) is 7.80. The largest absolute Gasteiger partial charge is 0.311 e. The molecule has 0 unspecified atom stereocenters. The molecule has 1 fully saturated rings. The van der Waals surface area contributed by atoms with E-state index in [4.69, 9.17) is 0 Å². The van der Waals surface area contributed by atoms with Crippen LogP contribution in [0.4, 0.5) is 0 Å². The van der Waals surface area contributed by atoms with E-state index >= 15 is 0 Å². The summed E-state index contributed by atoms with van der Waals surface area (Å²) in [6.07, 6.45) is 9.90. The van der Waals surface area contributed by atoms with Crippen LogP contribution in [0.15, 0.2) is 12.2 Å². The summed E-state index contributed by atoms with van der Waals surface area (Å²) in [6.45, 7) is 3.12. The molecule has 1 saturated carbocycles. The SMILES string of the molecule is CC=CCNC1CCCC1. The molecule has 0 spiro atoms. The van der Waals surface area contributed by atoms with Gasteiger partial charge in [-0.25, -0.2) is 0 Å². The van der Waals surface area contributed by atoms with Gasteiger partial charge in [0.15, 0.2) is 0 Å². The highest BCUT2D eigenvalue weighted by Crippen LogP contribution is 2.17. The van der Waals surface area contributed by atoms with Crippen molar-refractivity contribution in [2.75, 3.05) is 6.54 Å². The summed E-state index contributed by atoms with van der Waals surface area (Å²) >= 11 is 0. The molecule has 0 aromatic rings. The zero-order chi connectivity index (χ0) is 7.23. The van der Waals surface area contributed by atoms with Gasteiger partial charge in [0.1, 0.15) is 0 Å². The van der Waals surface area contributed by atoms with Crippen molar-refractivity contribution in [2.24, 2.45) is 0 Å². The maximum atomic E-state index is 3.50. The molecule has 1 heteroatoms. The molecule has 0 atom stereocenters. The summed E-state index contributed by atoms with van der Waals surface area (Å²) in [7, 11) is 0. The van der Waals surface area contributed by atoms with Gasteiger partial charge in [0.2, 0.25) is 0 Å². The molecule has 1 rings (SSSR count). The molecule has 0 amide bonds. The van der Waals surface area contributed by atoms with Crippen molar-refractivity contribution >= 4 is 0 Å². The third kappa shape index (κ3) is 2.53. The highest BCUT2D eigenvalue weighted by Gasteiger charge is 2.12. The van der Waals surface area contributed by atoms with Crippen LogP contribution < -0.4 is 5.32 Å². The van der Waals surface area contributed by atoms with Crippen molar-refractivity contribution in [2.45, 2.75) is 38.6 Å². The topological polar surface area (TPSA) is 12.0 Å². The van der Waals surface area contributed by atoms with E-state index < -0.39 is 0 Å². The second kappa shape index (κ2) is 4.51. The van der Waals surface area contributed by atoms with Gasteiger partial charge in [-0.15, -0.1) is 0 Å². The molecule has 0 aromatic carbocycles. The van der Waals surface area contributed by atoms with Gasteiger partial charge in [-0.1, -0.05) is 25.0 Å². The Morgan fingerprint density at radius 2 is 2.10 bits per heavy atom. The minimum atomic E-state index is 0.816. The van der Waals surface area contributed by atoms with Gasteiger partial charge in [0.05, 0.1) is 0 Å². The lowest BCUT2D eigenvalue weighted by atomic mass is 10.2. The van der Waals surface area contributed by atoms with Gasteiger partial charge >= 0.3 is 0 Å². The normalized spacial score (nSPS) is 20.9. The molecule has 58 valence electrons. The Morgan fingerprint density at radius 1 is 1.40 bits per heavy atom. The van der Waals surface area contributed by atoms with Crippen molar-refractivity contribution in [1.82, 2.24) is 5.32 Å². The zero-order valence-corrected chi connectivity index (χ0v) is 6.77. The van der Waals surface area contributed by atoms with Gasteiger partial charge in [0, 0.05) is 12.6 Å². The molecule has 0 aromatic heterocycles. The average Bonchev–Trinajstić information content (AvgIpc) is 2.41. The molecule has 1 N–H and O–H groups in total. The number of hydrogen-bond donors (Lipinski definition) is 1. The van der Waals surface area contributed by atoms with Gasteiger partial charge < -0.3 is 5.32 Å². The standard InChI is InChI=1S/C9H17N/c1-2-3-8-10-9-6-4-5-7-9/h2-3,9-10H,4-8H2,1H3. The molecule has 0 bridgehead atoms. The third-order valence-corrected chi connectivity index (χ3v) is 2.12. The molecule has 1 aliphatic carbocycles. The Morgan fingerprint density at radius 3 is 2.70 bits per heavy atom. The first-order valence-corrected chi connectivity index (χ1v) is 4.28. The van der Waals surface area contributed by atoms with Crippen molar-refractivity contribution in [3.05, 3.63) is 12.2 Å². The lowest BCUT2D eigenvalue weighted by Gasteiger charge is -2.08. The average molecular weight is 139 g/mol. The van der Waals surface area contributed by atoms with Crippen LogP contribution >= 0.6 is 0 Å². The Balaban J connectivity index is 2.01. The van der Waals surface area contributed by atoms with Crippen LogP contribution in [-0.4, -0.2) is 12.6 Å². The van der Waals surface area contributed by atoms with Gasteiger partial charge in [-0.3, -0.25) is 0 Å². The van der Waals surface area contributed by atoms with Crippen molar-refractivity contribution in [3.63, 3.8) is 0 Å². The summed E-state index contributed by atoms with van der Waals surface area (Å²) in [4.78, 5) is 0. The monoisotopic (exact) mass is 139 g/mol. The van der Waals surface area contributed by atoms with E-state index in [1.807, 2.05) is 0 Å². The molecule has 1 nitrogen and oxygen atoms in total. The molecule has 1 aliphatic rings. The summed E-state index contributed by atoms with van der Waals surface area (Å²) < 4.78 is 0. The van der Waals surface area contributed by atoms with E-state index in [1.165, 1.54) is 25.7 Å². The van der Waals surface area contributed by atoms with Crippen LogP contribution in [0.25, 0.3) is 0 Å². The fourth-order valence-electron chi connectivity index (χ4n) is 1.48. The second-order valence-electron chi connectivity index (χ2n) is 2.96. The van der Waals surface area contributed by atoms with Crippen LogP contribution in [0, 0.1) is 0 Å². The number of allylic oxidation sites excluding steroid dienone is 1. The predicted molar refractivity (Wildman–Crippen MR) is 45.1 cm³/mol. The van der Waals surface area contributed by atoms with Gasteiger partial charge in [-0.05, 0) is 19.8 Å². The fraction of sp³-hybridized carbons (Fsp3) is 0.778. The maximum Gasteiger partial charge on any atom is 0.0137 e. The van der Waals surface area contributed by atoms with E-state index in [2.05, 4.69) is 24.4 Å². The van der Waals surface area contributed by atoms with E-state index in [0.717, 1.165) is 12.6 Å². The summed E-state index contributed by atoms with van der Waals surface area (Å²) in [5.74, 6) is 0. The highest BCUT2D eigenvalue weighted by molar-refractivity contribution is 4.83. The molecular weight excluding hydrogens is 122 g/mol. The molecule has 0 radical (unpaired) electrons. The first-order valence-electron chi connectivity index (χ1n) is 4.28. The Kier molecular flexibility index (Phi) is 3.52. The van der Waals surface area contributed by atoms with Crippen LogP contribution in [-0.2, 0) is 0 Å². The number of nitrogens with one attached hydrogen (secondary N) is 1. The first-order chi connectivity index (χ1) is 4.93. The van der Waals surface area contributed by atoms with Crippen molar-refractivity contribution in [3.8, 4) is 0 Å². The van der Waals surface area contributed by atoms with E-state index in [0.29, 0.717) is 0 Å². The molecule has 0 aliphatic heterocycles. The molecule has 10 heavy (non-hydrogen) atoms. The van der Waals surface area contributed by atoms with Gasteiger partial charge in [0.25, 0.3) is 0 Å². The summed E-state index contributed by atoms with van der Waals surface area (Å²) in [6, 6.07) is 0.816. The maximum absolute atomic E-state index is 3.50. The molecule has 0 heterocycles. The predicted octanol–water partition coefficient (Wildman–Crippen LogP) is 2.09. The van der Waals surface area contributed by atoms with Crippen molar-refractivity contribution < 1.29 is 0 Å². The van der Waals surface area contributed by atoms with Crippen LogP contribution in [0.2, 0.25) is 0 Å². The van der Waals surface area contributed by atoms with Crippen LogP contribution in [0.5, 0.6) is 0 Å². The van der Waals surface area contributed by atoms with Crippen molar-refractivity contribution in [1.29, 1.82) is 0 Å². The quantitative estimate of drug-likeness (QED) is 0.590. The minimum Gasteiger partial charge on any atom is -0.311 e. The van der Waals surface area contributed by atoms with E-state index in [9.17, 15) is 0 Å². The second-order valence-corrected chi connectivity index (χ2v) is 2.96. The Bertz CT molecular complexity index is 101. The number of hydrogen-bond acceptors (Lipinski definition) is 1. The highest BCUT2D eigenvalue weighted by atomic mass is 14.9. The zero-order valence-electron chi connectivity index (χ0n) is 6.77. The lowest BCUT2D eigenvalue weighted by molar-refractivity contribution is 0.556. The Hall–Kier alpha value is -0.300. The molecular formula is C9H17N. The lowest BCUT2D eigenvalue weighted by Crippen LogP contribution is -2.25. The van der Waals surface area contributed by atoms with Crippen LogP contribution in [0.1, 0.15) is 32.6 Å². The Labute approximate surface area is 63.5 Å². The van der Waals surface area contributed by atoms with Crippen LogP contribution in [0.3, 0.4) is 0 Å². The summed E-state index contributed by atoms with van der Waals surface area (Å²) in [5.41, 5.74) is 0. The summed E-state index contributed by atoms with van der Waals surface area (Å²) in [5, 5.41) is 3.50. The van der Waals surface area contributed by atoms with E-state index in [-0.39, 0.29) is 0 Å². The third-order valence-electron chi connectivity index (χ3n) is 2.12. The number of rotatable bonds is 3. The van der Waals surface area contributed by atoms with Gasteiger partial charge in [-0.2, -0.15) is 0 Å². The smallest absolute Gasteiger partial charge is 0.0137 e. The molecule has 0 saturated heterocycles. The fourth-order valence-corrected chi connectivity index (χ4v) is 1.48. The minimum absolute atomic E-state index is 0.816.